The predicted octanol–water partition coefficient (Wildman–Crippen LogP) is 0.176. The molecule has 1 atom stereocenters. The highest BCUT2D eigenvalue weighted by Gasteiger charge is 2.21. The first-order valence-corrected chi connectivity index (χ1v) is 5.20. The molecule has 0 bridgehead atoms. The van der Waals surface area contributed by atoms with Gasteiger partial charge >= 0.3 is 0 Å². The van der Waals surface area contributed by atoms with Crippen molar-refractivity contribution in [3.8, 4) is 5.88 Å². The summed E-state index contributed by atoms with van der Waals surface area (Å²) < 4.78 is 4.98. The summed E-state index contributed by atoms with van der Waals surface area (Å²) in [6.07, 6.45) is 3.20. The molecule has 2 rings (SSSR count). The van der Waals surface area contributed by atoms with Gasteiger partial charge in [-0.1, -0.05) is 0 Å². The Morgan fingerprint density at radius 3 is 3.19 bits per heavy atom. The van der Waals surface area contributed by atoms with Crippen LogP contribution < -0.4 is 15.4 Å². The molecule has 1 saturated heterocycles. The van der Waals surface area contributed by atoms with Crippen molar-refractivity contribution in [2.24, 2.45) is 0 Å². The average molecular weight is 222 g/mol. The molecule has 2 heterocycles. The highest BCUT2D eigenvalue weighted by Crippen LogP contribution is 2.14. The number of rotatable bonds is 3. The molecule has 1 amide bonds. The summed E-state index contributed by atoms with van der Waals surface area (Å²) in [4.78, 5) is 19.4. The third-order valence-electron chi connectivity index (χ3n) is 2.46. The van der Waals surface area contributed by atoms with E-state index < -0.39 is 0 Å². The van der Waals surface area contributed by atoms with Crippen LogP contribution in [0.15, 0.2) is 12.4 Å². The lowest BCUT2D eigenvalue weighted by Gasteiger charge is -2.23. The molecule has 0 aromatic carbocycles. The third kappa shape index (κ3) is 2.39. The smallest absolute Gasteiger partial charge is 0.242 e. The fourth-order valence-electron chi connectivity index (χ4n) is 1.62. The van der Waals surface area contributed by atoms with Crippen molar-refractivity contribution < 1.29 is 9.53 Å². The molecule has 6 heteroatoms. The Kier molecular flexibility index (Phi) is 3.19. The van der Waals surface area contributed by atoms with Crippen molar-refractivity contribution in [2.45, 2.75) is 18.9 Å². The SMILES string of the molecule is COc1cc(NC2CCCNC2=O)ncn1. The number of ether oxygens (including phenoxy) is 1. The Balaban J connectivity index is 2.04. The zero-order valence-electron chi connectivity index (χ0n) is 9.06. The van der Waals surface area contributed by atoms with Gasteiger partial charge in [-0.05, 0) is 12.8 Å². The van der Waals surface area contributed by atoms with Gasteiger partial charge in [0.25, 0.3) is 0 Å². The van der Waals surface area contributed by atoms with Gasteiger partial charge < -0.3 is 15.4 Å². The molecule has 1 aliphatic heterocycles. The largest absolute Gasteiger partial charge is 0.481 e. The van der Waals surface area contributed by atoms with E-state index in [0.29, 0.717) is 11.7 Å². The number of aromatic nitrogens is 2. The molecule has 1 aliphatic rings. The maximum Gasteiger partial charge on any atom is 0.242 e. The second-order valence-electron chi connectivity index (χ2n) is 3.58. The number of amides is 1. The molecule has 2 N–H and O–H groups in total. The van der Waals surface area contributed by atoms with Gasteiger partial charge in [0.2, 0.25) is 11.8 Å². The minimum absolute atomic E-state index is 0.0174. The monoisotopic (exact) mass is 222 g/mol. The summed E-state index contributed by atoms with van der Waals surface area (Å²) in [7, 11) is 1.54. The number of hydrogen-bond acceptors (Lipinski definition) is 5. The van der Waals surface area contributed by atoms with E-state index in [-0.39, 0.29) is 11.9 Å². The van der Waals surface area contributed by atoms with Crippen LogP contribution in [0.2, 0.25) is 0 Å². The Morgan fingerprint density at radius 1 is 1.56 bits per heavy atom. The van der Waals surface area contributed by atoms with Crippen LogP contribution in [0.5, 0.6) is 5.88 Å². The molecule has 6 nitrogen and oxygen atoms in total. The van der Waals surface area contributed by atoms with Crippen molar-refractivity contribution in [1.29, 1.82) is 0 Å². The van der Waals surface area contributed by atoms with Gasteiger partial charge in [-0.3, -0.25) is 4.79 Å². The molecule has 1 fully saturated rings. The highest BCUT2D eigenvalue weighted by molar-refractivity contribution is 5.84. The summed E-state index contributed by atoms with van der Waals surface area (Å²) in [5.74, 6) is 1.10. The summed E-state index contributed by atoms with van der Waals surface area (Å²) in [6.45, 7) is 0.754. The van der Waals surface area contributed by atoms with Gasteiger partial charge in [-0.15, -0.1) is 0 Å². The van der Waals surface area contributed by atoms with E-state index in [1.165, 1.54) is 6.33 Å². The minimum atomic E-state index is -0.214. The number of nitrogens with zero attached hydrogens (tertiary/aromatic N) is 2. The van der Waals surface area contributed by atoms with Crippen LogP contribution in [-0.4, -0.2) is 35.6 Å². The van der Waals surface area contributed by atoms with E-state index >= 15 is 0 Å². The predicted molar refractivity (Wildman–Crippen MR) is 58.2 cm³/mol. The Bertz CT molecular complexity index is 383. The van der Waals surface area contributed by atoms with Crippen molar-refractivity contribution in [3.63, 3.8) is 0 Å². The third-order valence-corrected chi connectivity index (χ3v) is 2.46. The van der Waals surface area contributed by atoms with Gasteiger partial charge in [-0.2, -0.15) is 0 Å². The molecule has 16 heavy (non-hydrogen) atoms. The van der Waals surface area contributed by atoms with Crippen molar-refractivity contribution >= 4 is 11.7 Å². The normalized spacial score (nSPS) is 20.1. The Hall–Kier alpha value is -1.85. The van der Waals surface area contributed by atoms with Crippen molar-refractivity contribution in [3.05, 3.63) is 12.4 Å². The molecule has 0 saturated carbocycles. The zero-order chi connectivity index (χ0) is 11.4. The van der Waals surface area contributed by atoms with Gasteiger partial charge in [0, 0.05) is 12.6 Å². The first-order valence-electron chi connectivity index (χ1n) is 5.20. The molecule has 0 spiro atoms. The van der Waals surface area contributed by atoms with E-state index in [0.717, 1.165) is 19.4 Å². The van der Waals surface area contributed by atoms with E-state index in [2.05, 4.69) is 20.6 Å². The molecular weight excluding hydrogens is 208 g/mol. The quantitative estimate of drug-likeness (QED) is 0.762. The molecule has 0 radical (unpaired) electrons. The van der Waals surface area contributed by atoms with Crippen molar-refractivity contribution in [2.75, 3.05) is 19.0 Å². The summed E-state index contributed by atoms with van der Waals surface area (Å²) in [5.41, 5.74) is 0. The van der Waals surface area contributed by atoms with Crippen LogP contribution >= 0.6 is 0 Å². The molecule has 0 aliphatic carbocycles. The molecule has 86 valence electrons. The number of carbonyl (C=O) groups is 1. The fourth-order valence-corrected chi connectivity index (χ4v) is 1.62. The highest BCUT2D eigenvalue weighted by atomic mass is 16.5. The van der Waals surface area contributed by atoms with E-state index in [4.69, 9.17) is 4.74 Å². The minimum Gasteiger partial charge on any atom is -0.481 e. The first-order chi connectivity index (χ1) is 7.79. The fraction of sp³-hybridized carbons (Fsp3) is 0.500. The molecule has 1 unspecified atom stereocenters. The number of methoxy groups -OCH3 is 1. The maximum absolute atomic E-state index is 11.5. The van der Waals surface area contributed by atoms with Crippen LogP contribution in [0.1, 0.15) is 12.8 Å². The number of hydrogen-bond donors (Lipinski definition) is 2. The topological polar surface area (TPSA) is 76.1 Å². The van der Waals surface area contributed by atoms with Crippen molar-refractivity contribution in [1.82, 2.24) is 15.3 Å². The lowest BCUT2D eigenvalue weighted by molar-refractivity contribution is -0.123. The van der Waals surface area contributed by atoms with E-state index in [9.17, 15) is 4.79 Å². The maximum atomic E-state index is 11.5. The van der Waals surface area contributed by atoms with Crippen LogP contribution in [0.25, 0.3) is 0 Å². The average Bonchev–Trinajstić information content (AvgIpc) is 2.32. The standard InChI is InChI=1S/C10H14N4O2/c1-16-9-5-8(12-6-13-9)14-7-3-2-4-11-10(7)15/h5-7H,2-4H2,1H3,(H,11,15)(H,12,13,14). The van der Waals surface area contributed by atoms with Crippen LogP contribution in [0.3, 0.4) is 0 Å². The summed E-state index contributed by atoms with van der Waals surface area (Å²) in [5, 5.41) is 5.87. The van der Waals surface area contributed by atoms with Gasteiger partial charge in [0.15, 0.2) is 0 Å². The van der Waals surface area contributed by atoms with E-state index in [1.54, 1.807) is 13.2 Å². The lowest BCUT2D eigenvalue weighted by Crippen LogP contribution is -2.44. The Labute approximate surface area is 93.4 Å². The molecule has 1 aromatic heterocycles. The van der Waals surface area contributed by atoms with Gasteiger partial charge in [0.1, 0.15) is 18.2 Å². The van der Waals surface area contributed by atoms with E-state index in [1.807, 2.05) is 0 Å². The molecule has 1 aromatic rings. The number of piperidine rings is 1. The molecular formula is C10H14N4O2. The lowest BCUT2D eigenvalue weighted by atomic mass is 10.1. The van der Waals surface area contributed by atoms with Crippen LogP contribution in [0.4, 0.5) is 5.82 Å². The number of anilines is 1. The first kappa shape index (κ1) is 10.7. The zero-order valence-corrected chi connectivity index (χ0v) is 9.06. The van der Waals surface area contributed by atoms with Gasteiger partial charge in [-0.25, -0.2) is 9.97 Å². The van der Waals surface area contributed by atoms with Crippen LogP contribution in [0, 0.1) is 0 Å². The Morgan fingerprint density at radius 2 is 2.44 bits per heavy atom. The second-order valence-corrected chi connectivity index (χ2v) is 3.58. The van der Waals surface area contributed by atoms with Crippen LogP contribution in [-0.2, 0) is 4.79 Å². The number of carbonyl (C=O) groups excluding carboxylic acids is 1. The second kappa shape index (κ2) is 4.78. The summed E-state index contributed by atoms with van der Waals surface area (Å²) in [6, 6.07) is 1.45. The number of nitrogens with one attached hydrogen (secondary N) is 2. The summed E-state index contributed by atoms with van der Waals surface area (Å²) >= 11 is 0. The van der Waals surface area contributed by atoms with Gasteiger partial charge in [0.05, 0.1) is 7.11 Å².